The van der Waals surface area contributed by atoms with E-state index in [-0.39, 0.29) is 24.4 Å². The van der Waals surface area contributed by atoms with Crippen LogP contribution in [0.4, 0.5) is 10.5 Å². The summed E-state index contributed by atoms with van der Waals surface area (Å²) in [5, 5.41) is 2.84. The van der Waals surface area contributed by atoms with Gasteiger partial charge in [0.05, 0.1) is 5.57 Å². The highest BCUT2D eigenvalue weighted by atomic mass is 16.7. The molecule has 2 aliphatic heterocycles. The Morgan fingerprint density at radius 2 is 1.74 bits per heavy atom. The molecule has 0 radical (unpaired) electrons. The lowest BCUT2D eigenvalue weighted by Crippen LogP contribution is -2.48. The molecular weight excluding hydrogens is 530 g/mol. The van der Waals surface area contributed by atoms with E-state index >= 15 is 0 Å². The Balaban J connectivity index is 1.53. The first-order chi connectivity index (χ1) is 20.1. The Kier molecular flexibility index (Phi) is 8.71. The fourth-order valence-electron chi connectivity index (χ4n) is 6.49. The molecule has 5 rings (SSSR count). The lowest BCUT2D eigenvalue weighted by Gasteiger charge is -2.41. The minimum Gasteiger partial charge on any atom is -0.457 e. The number of amides is 1. The van der Waals surface area contributed by atoms with Crippen molar-refractivity contribution in [1.29, 1.82) is 0 Å². The molecule has 0 fully saturated rings. The van der Waals surface area contributed by atoms with E-state index in [1.165, 1.54) is 12.7 Å². The van der Waals surface area contributed by atoms with Gasteiger partial charge in [-0.15, -0.1) is 0 Å². The first kappa shape index (κ1) is 29.8. The van der Waals surface area contributed by atoms with Crippen molar-refractivity contribution in [3.8, 4) is 0 Å². The summed E-state index contributed by atoms with van der Waals surface area (Å²) in [6.07, 6.45) is 8.08. The predicted molar refractivity (Wildman–Crippen MR) is 161 cm³/mol. The van der Waals surface area contributed by atoms with Gasteiger partial charge >= 0.3 is 12.1 Å². The Morgan fingerprint density at radius 3 is 2.40 bits per heavy atom. The van der Waals surface area contributed by atoms with E-state index in [1.807, 2.05) is 79.7 Å². The molecular formula is C35H41NO6. The molecule has 3 aliphatic rings. The molecule has 2 aromatic rings. The van der Waals surface area contributed by atoms with E-state index in [9.17, 15) is 9.59 Å². The number of carbonyl (C=O) groups is 2. The highest BCUT2D eigenvalue weighted by Crippen LogP contribution is 2.50. The monoisotopic (exact) mass is 571 g/mol. The number of esters is 1. The van der Waals surface area contributed by atoms with Gasteiger partial charge in [0, 0.05) is 12.8 Å². The largest absolute Gasteiger partial charge is 0.457 e. The van der Waals surface area contributed by atoms with Gasteiger partial charge in [0.15, 0.2) is 0 Å². The van der Waals surface area contributed by atoms with Gasteiger partial charge in [-0.05, 0) is 80.2 Å². The van der Waals surface area contributed by atoms with Crippen molar-refractivity contribution >= 4 is 17.7 Å². The third-order valence-corrected chi connectivity index (χ3v) is 8.96. The zero-order valence-electron chi connectivity index (χ0n) is 25.0. The molecule has 0 unspecified atom stereocenters. The molecule has 0 aromatic heterocycles. The van der Waals surface area contributed by atoms with Crippen LogP contribution in [0.5, 0.6) is 0 Å². The third kappa shape index (κ3) is 6.08. The number of allylic oxidation sites excluding steroid dienone is 3. The van der Waals surface area contributed by atoms with E-state index in [1.54, 1.807) is 6.08 Å². The normalized spacial score (nSPS) is 31.5. The van der Waals surface area contributed by atoms with Crippen LogP contribution in [-0.4, -0.2) is 36.7 Å². The van der Waals surface area contributed by atoms with Crippen LogP contribution in [0.3, 0.4) is 0 Å². The van der Waals surface area contributed by atoms with Gasteiger partial charge < -0.3 is 18.9 Å². The fourth-order valence-corrected chi connectivity index (χ4v) is 6.49. The summed E-state index contributed by atoms with van der Waals surface area (Å²) in [4.78, 5) is 27.1. The molecule has 222 valence electrons. The minimum absolute atomic E-state index is 0.0136. The van der Waals surface area contributed by atoms with Gasteiger partial charge in [0.2, 0.25) is 5.79 Å². The van der Waals surface area contributed by atoms with Crippen LogP contribution in [-0.2, 0) is 30.3 Å². The van der Waals surface area contributed by atoms with E-state index in [0.29, 0.717) is 23.6 Å². The number of rotatable bonds is 7. The molecule has 7 heteroatoms. The molecule has 7 nitrogen and oxygen atoms in total. The molecule has 2 bridgehead atoms. The van der Waals surface area contributed by atoms with Gasteiger partial charge in [0.1, 0.15) is 18.3 Å². The standard InChI is InChI=1S/C35H41NO6/c1-23(2)27-17-16-24(3)28-21-31(41-33(38)36-26-14-10-7-11-15-26)34(4)18-19-35(39-5,42-34)30(20-29(27)28)32(37)40-22-25-12-8-6-9-13-25/h6-16,18-20,23,27-29,31H,17,21-22H2,1-5H3,(H,36,38)/b30-20-/t27-,28+,29-,31+,34+,35-/m1/s1. The summed E-state index contributed by atoms with van der Waals surface area (Å²) in [5.74, 6) is -1.39. The molecule has 2 heterocycles. The van der Waals surface area contributed by atoms with Crippen molar-refractivity contribution in [2.24, 2.45) is 23.7 Å². The Morgan fingerprint density at radius 1 is 1.05 bits per heavy atom. The molecule has 0 spiro atoms. The van der Waals surface area contributed by atoms with E-state index < -0.39 is 29.6 Å². The lowest BCUT2D eigenvalue weighted by atomic mass is 9.65. The highest BCUT2D eigenvalue weighted by molar-refractivity contribution is 5.91. The van der Waals surface area contributed by atoms with Crippen LogP contribution in [0, 0.1) is 23.7 Å². The quantitative estimate of drug-likeness (QED) is 0.279. The number of methoxy groups -OCH3 is 1. The van der Waals surface area contributed by atoms with Crippen LogP contribution in [0.1, 0.15) is 46.1 Å². The maximum absolute atomic E-state index is 13.9. The Hall–Kier alpha value is -3.68. The Labute approximate surface area is 248 Å². The number of carbonyl (C=O) groups excluding carboxylic acids is 2. The van der Waals surface area contributed by atoms with Crippen molar-refractivity contribution in [2.45, 2.75) is 64.6 Å². The highest BCUT2D eigenvalue weighted by Gasteiger charge is 2.55. The minimum atomic E-state index is -1.49. The maximum atomic E-state index is 13.9. The Bertz CT molecular complexity index is 1370. The summed E-state index contributed by atoms with van der Waals surface area (Å²) in [5.41, 5.74) is 1.98. The van der Waals surface area contributed by atoms with Crippen LogP contribution < -0.4 is 5.32 Å². The number of nitrogens with one attached hydrogen (secondary N) is 1. The molecule has 1 N–H and O–H groups in total. The van der Waals surface area contributed by atoms with Gasteiger partial charge in [-0.1, -0.05) is 80.1 Å². The van der Waals surface area contributed by atoms with Crippen molar-refractivity contribution in [3.05, 3.63) is 102 Å². The number of para-hydroxylation sites is 1. The molecule has 0 saturated heterocycles. The molecule has 0 saturated carbocycles. The average Bonchev–Trinajstić information content (AvgIpc) is 3.36. The predicted octanol–water partition coefficient (Wildman–Crippen LogP) is 7.22. The fraction of sp³-hybridized carbons (Fsp3) is 0.429. The van der Waals surface area contributed by atoms with Crippen LogP contribution in [0.25, 0.3) is 0 Å². The number of ether oxygens (including phenoxy) is 4. The average molecular weight is 572 g/mol. The van der Waals surface area contributed by atoms with Gasteiger partial charge in [-0.2, -0.15) is 0 Å². The SMILES string of the molecule is CO[C@]12C=C[C@](C)(O1)[C@@H](OC(=O)Nc1ccccc1)C[C@H]1C(C)=CC[C@H](C(C)C)[C@H]1/C=C\2C(=O)OCc1ccccc1. The van der Waals surface area contributed by atoms with Crippen molar-refractivity contribution in [3.63, 3.8) is 0 Å². The third-order valence-electron chi connectivity index (χ3n) is 8.96. The number of fused-ring (bicyclic) bond motifs is 3. The summed E-state index contributed by atoms with van der Waals surface area (Å²) in [7, 11) is 1.52. The van der Waals surface area contributed by atoms with Crippen molar-refractivity contribution < 1.29 is 28.5 Å². The number of hydrogen-bond acceptors (Lipinski definition) is 6. The van der Waals surface area contributed by atoms with Crippen molar-refractivity contribution in [2.75, 3.05) is 12.4 Å². The van der Waals surface area contributed by atoms with E-state index in [0.717, 1.165) is 12.0 Å². The molecule has 42 heavy (non-hydrogen) atoms. The zero-order chi connectivity index (χ0) is 29.9. The summed E-state index contributed by atoms with van der Waals surface area (Å²) in [6.45, 7) is 8.55. The second-order valence-corrected chi connectivity index (χ2v) is 12.0. The second kappa shape index (κ2) is 12.3. The van der Waals surface area contributed by atoms with E-state index in [4.69, 9.17) is 18.9 Å². The van der Waals surface area contributed by atoms with Crippen LogP contribution in [0.2, 0.25) is 0 Å². The summed E-state index contributed by atoms with van der Waals surface area (Å²) >= 11 is 0. The summed E-state index contributed by atoms with van der Waals surface area (Å²) in [6, 6.07) is 18.8. The smallest absolute Gasteiger partial charge is 0.412 e. The molecule has 2 aromatic carbocycles. The van der Waals surface area contributed by atoms with Crippen LogP contribution in [0.15, 0.2) is 96.1 Å². The number of hydrogen-bond donors (Lipinski definition) is 1. The van der Waals surface area contributed by atoms with Crippen LogP contribution >= 0.6 is 0 Å². The molecule has 1 amide bonds. The number of anilines is 1. The first-order valence-corrected chi connectivity index (χ1v) is 14.7. The first-order valence-electron chi connectivity index (χ1n) is 14.7. The van der Waals surface area contributed by atoms with Crippen molar-refractivity contribution in [1.82, 2.24) is 0 Å². The zero-order valence-corrected chi connectivity index (χ0v) is 25.0. The lowest BCUT2D eigenvalue weighted by molar-refractivity contribution is -0.222. The topological polar surface area (TPSA) is 83.1 Å². The van der Waals surface area contributed by atoms with Gasteiger partial charge in [-0.3, -0.25) is 5.32 Å². The summed E-state index contributed by atoms with van der Waals surface area (Å²) < 4.78 is 24.7. The molecule has 6 atom stereocenters. The second-order valence-electron chi connectivity index (χ2n) is 12.0. The maximum Gasteiger partial charge on any atom is 0.412 e. The van der Waals surface area contributed by atoms with Gasteiger partial charge in [0.25, 0.3) is 0 Å². The number of benzene rings is 2. The van der Waals surface area contributed by atoms with Gasteiger partial charge in [-0.25, -0.2) is 9.59 Å². The molecule has 1 aliphatic carbocycles. The van der Waals surface area contributed by atoms with E-state index in [2.05, 4.69) is 32.2 Å².